The highest BCUT2D eigenvalue weighted by atomic mass is 16.4. The maximum absolute atomic E-state index is 5.72. The van der Waals surface area contributed by atoms with Crippen LogP contribution in [0.5, 0.6) is 0 Å². The van der Waals surface area contributed by atoms with E-state index in [9.17, 15) is 0 Å². The van der Waals surface area contributed by atoms with Crippen molar-refractivity contribution in [1.29, 1.82) is 0 Å². The molecule has 1 fully saturated rings. The van der Waals surface area contributed by atoms with Gasteiger partial charge in [-0.2, -0.15) is 0 Å². The second kappa shape index (κ2) is 5.90. The number of nitrogens with zero attached hydrogens (tertiary/aromatic N) is 3. The highest BCUT2D eigenvalue weighted by molar-refractivity contribution is 5.26. The van der Waals surface area contributed by atoms with Crippen molar-refractivity contribution in [2.75, 3.05) is 24.5 Å². The van der Waals surface area contributed by atoms with Crippen LogP contribution in [-0.4, -0.2) is 29.8 Å². The molecule has 5 nitrogen and oxygen atoms in total. The molecule has 1 saturated heterocycles. The minimum absolute atomic E-state index is 0.348. The second-order valence-corrected chi connectivity index (χ2v) is 6.45. The van der Waals surface area contributed by atoms with Crippen molar-refractivity contribution in [1.82, 2.24) is 15.5 Å². The summed E-state index contributed by atoms with van der Waals surface area (Å²) in [5, 5.41) is 11.5. The maximum Gasteiger partial charge on any atom is 0.318 e. The number of hydrogen-bond acceptors (Lipinski definition) is 5. The van der Waals surface area contributed by atoms with Crippen LogP contribution >= 0.6 is 0 Å². The summed E-state index contributed by atoms with van der Waals surface area (Å²) in [5.41, 5.74) is 0.348. The molecule has 0 spiro atoms. The van der Waals surface area contributed by atoms with Gasteiger partial charge in [-0.1, -0.05) is 32.8 Å². The summed E-state index contributed by atoms with van der Waals surface area (Å²) in [5.74, 6) is 1.38. The summed E-state index contributed by atoms with van der Waals surface area (Å²) >= 11 is 0. The first-order valence-electron chi connectivity index (χ1n) is 7.28. The Morgan fingerprint density at radius 2 is 2.16 bits per heavy atom. The molecule has 0 saturated carbocycles. The van der Waals surface area contributed by atoms with Gasteiger partial charge in [-0.25, -0.2) is 0 Å². The molecular weight excluding hydrogens is 240 g/mol. The predicted molar refractivity (Wildman–Crippen MR) is 76.1 cm³/mol. The first-order valence-corrected chi connectivity index (χ1v) is 7.28. The first-order chi connectivity index (χ1) is 9.00. The van der Waals surface area contributed by atoms with Crippen molar-refractivity contribution in [3.05, 3.63) is 5.89 Å². The van der Waals surface area contributed by atoms with Gasteiger partial charge in [0.25, 0.3) is 0 Å². The molecule has 1 N–H and O–H groups in total. The molecule has 1 atom stereocenters. The van der Waals surface area contributed by atoms with Gasteiger partial charge in [0.2, 0.25) is 5.89 Å². The monoisotopic (exact) mass is 266 g/mol. The zero-order valence-corrected chi connectivity index (χ0v) is 12.6. The highest BCUT2D eigenvalue weighted by Gasteiger charge is 2.33. The smallest absolute Gasteiger partial charge is 0.318 e. The molecular formula is C14H26N4O. The zero-order chi connectivity index (χ0) is 13.9. The molecule has 1 aromatic heterocycles. The van der Waals surface area contributed by atoms with E-state index in [1.807, 2.05) is 0 Å². The van der Waals surface area contributed by atoms with Crippen LogP contribution in [0.3, 0.4) is 0 Å². The Balaban J connectivity index is 1.89. The van der Waals surface area contributed by atoms with Crippen LogP contribution in [0.15, 0.2) is 4.42 Å². The number of nitrogens with one attached hydrogen (secondary N) is 1. The lowest BCUT2D eigenvalue weighted by atomic mass is 9.80. The molecule has 0 amide bonds. The van der Waals surface area contributed by atoms with Gasteiger partial charge in [0, 0.05) is 13.1 Å². The van der Waals surface area contributed by atoms with Gasteiger partial charge in [0.15, 0.2) is 0 Å². The Hall–Kier alpha value is -1.10. The van der Waals surface area contributed by atoms with E-state index in [1.54, 1.807) is 0 Å². The standard InChI is InChI=1S/C14H26N4O/c1-5-7-15-9-12-16-17-13(19-12)18-8-6-11(10-18)14(2,3)4/h11,15H,5-10H2,1-4H3. The fourth-order valence-corrected chi connectivity index (χ4v) is 2.46. The van der Waals surface area contributed by atoms with E-state index < -0.39 is 0 Å². The van der Waals surface area contributed by atoms with Gasteiger partial charge in [-0.3, -0.25) is 0 Å². The van der Waals surface area contributed by atoms with E-state index in [0.29, 0.717) is 29.8 Å². The average Bonchev–Trinajstić information content (AvgIpc) is 2.96. The molecule has 1 aliphatic rings. The summed E-state index contributed by atoms with van der Waals surface area (Å²) in [6.45, 7) is 12.7. The molecule has 0 bridgehead atoms. The summed E-state index contributed by atoms with van der Waals surface area (Å²) in [6.07, 6.45) is 2.32. The third-order valence-corrected chi connectivity index (χ3v) is 3.84. The Labute approximate surface area is 115 Å². The highest BCUT2D eigenvalue weighted by Crippen LogP contribution is 2.35. The normalized spacial score (nSPS) is 20.2. The van der Waals surface area contributed by atoms with E-state index in [2.05, 4.69) is 48.1 Å². The molecule has 108 valence electrons. The molecule has 19 heavy (non-hydrogen) atoms. The summed E-state index contributed by atoms with van der Waals surface area (Å²) in [6, 6.07) is 0.681. The lowest BCUT2D eigenvalue weighted by Gasteiger charge is -2.26. The first kappa shape index (κ1) is 14.3. The summed E-state index contributed by atoms with van der Waals surface area (Å²) < 4.78 is 5.72. The largest absolute Gasteiger partial charge is 0.407 e. The van der Waals surface area contributed by atoms with Crippen LogP contribution in [0.2, 0.25) is 0 Å². The van der Waals surface area contributed by atoms with Crippen molar-refractivity contribution >= 4 is 6.01 Å². The Morgan fingerprint density at radius 3 is 2.79 bits per heavy atom. The molecule has 5 heteroatoms. The van der Waals surface area contributed by atoms with Crippen molar-refractivity contribution in [3.8, 4) is 0 Å². The molecule has 2 heterocycles. The molecule has 0 aliphatic carbocycles. The minimum Gasteiger partial charge on any atom is -0.407 e. The third-order valence-electron chi connectivity index (χ3n) is 3.84. The van der Waals surface area contributed by atoms with Crippen LogP contribution in [0.25, 0.3) is 0 Å². The van der Waals surface area contributed by atoms with E-state index in [-0.39, 0.29) is 0 Å². The fourth-order valence-electron chi connectivity index (χ4n) is 2.46. The lowest BCUT2D eigenvalue weighted by Crippen LogP contribution is -2.25. The predicted octanol–water partition coefficient (Wildman–Crippen LogP) is 2.44. The topological polar surface area (TPSA) is 54.2 Å². The Morgan fingerprint density at radius 1 is 1.37 bits per heavy atom. The zero-order valence-electron chi connectivity index (χ0n) is 12.6. The van der Waals surface area contributed by atoms with Gasteiger partial charge in [0.05, 0.1) is 6.54 Å². The van der Waals surface area contributed by atoms with Crippen molar-refractivity contribution in [3.63, 3.8) is 0 Å². The Bertz CT molecular complexity index is 396. The van der Waals surface area contributed by atoms with E-state index in [0.717, 1.165) is 26.1 Å². The van der Waals surface area contributed by atoms with Gasteiger partial charge in [-0.05, 0) is 30.7 Å². The van der Waals surface area contributed by atoms with Crippen LogP contribution in [-0.2, 0) is 6.54 Å². The lowest BCUT2D eigenvalue weighted by molar-refractivity contribution is 0.263. The van der Waals surface area contributed by atoms with Crippen LogP contribution in [0, 0.1) is 11.3 Å². The van der Waals surface area contributed by atoms with E-state index in [4.69, 9.17) is 4.42 Å². The van der Waals surface area contributed by atoms with E-state index >= 15 is 0 Å². The molecule has 2 rings (SSSR count). The summed E-state index contributed by atoms with van der Waals surface area (Å²) in [7, 11) is 0. The number of anilines is 1. The average molecular weight is 266 g/mol. The number of hydrogen-bond donors (Lipinski definition) is 1. The maximum atomic E-state index is 5.72. The number of rotatable bonds is 5. The van der Waals surface area contributed by atoms with Crippen LogP contribution in [0.1, 0.15) is 46.4 Å². The fraction of sp³-hybridized carbons (Fsp3) is 0.857. The third kappa shape index (κ3) is 3.69. The second-order valence-electron chi connectivity index (χ2n) is 6.45. The van der Waals surface area contributed by atoms with Gasteiger partial charge in [-0.15, -0.1) is 5.10 Å². The SMILES string of the molecule is CCCNCc1nnc(N2CCC(C(C)(C)C)C2)o1. The quantitative estimate of drug-likeness (QED) is 0.830. The van der Waals surface area contributed by atoms with Gasteiger partial charge in [0.1, 0.15) is 0 Å². The number of aromatic nitrogens is 2. The van der Waals surface area contributed by atoms with Crippen molar-refractivity contribution < 1.29 is 4.42 Å². The van der Waals surface area contributed by atoms with E-state index in [1.165, 1.54) is 6.42 Å². The van der Waals surface area contributed by atoms with Crippen LogP contribution in [0.4, 0.5) is 6.01 Å². The molecule has 0 radical (unpaired) electrons. The van der Waals surface area contributed by atoms with Crippen LogP contribution < -0.4 is 10.2 Å². The van der Waals surface area contributed by atoms with Gasteiger partial charge < -0.3 is 14.6 Å². The minimum atomic E-state index is 0.348. The van der Waals surface area contributed by atoms with Crippen molar-refractivity contribution in [2.24, 2.45) is 11.3 Å². The van der Waals surface area contributed by atoms with Crippen molar-refractivity contribution in [2.45, 2.75) is 47.1 Å². The molecule has 0 aromatic carbocycles. The molecule has 1 aliphatic heterocycles. The molecule has 1 aromatic rings. The van der Waals surface area contributed by atoms with Gasteiger partial charge >= 0.3 is 6.01 Å². The Kier molecular flexibility index (Phi) is 4.45. The molecule has 1 unspecified atom stereocenters. The summed E-state index contributed by atoms with van der Waals surface area (Å²) in [4.78, 5) is 2.21.